The largest absolute Gasteiger partial charge is 0.478 e. The van der Waals surface area contributed by atoms with E-state index in [1.165, 1.54) is 17.4 Å². The van der Waals surface area contributed by atoms with Gasteiger partial charge in [0.2, 0.25) is 0 Å². The molecule has 1 amide bonds. The molecule has 0 saturated carbocycles. The van der Waals surface area contributed by atoms with Crippen molar-refractivity contribution in [3.8, 4) is 0 Å². The van der Waals surface area contributed by atoms with Crippen molar-refractivity contribution in [1.82, 2.24) is 4.98 Å². The molecule has 0 atom stereocenters. The van der Waals surface area contributed by atoms with Gasteiger partial charge in [0.1, 0.15) is 5.69 Å². The highest BCUT2D eigenvalue weighted by molar-refractivity contribution is 7.09. The standard InChI is InChI=1S/C18H14N2O3S/c21-17(20-14-9-5-4-8-13(14)18(22)23)15-11-24-16(19-15)10-12-6-2-1-3-7-12/h1-9,11H,10H2,(H,20,21)(H,22,23). The Balaban J connectivity index is 1.74. The van der Waals surface area contributed by atoms with Crippen molar-refractivity contribution in [3.63, 3.8) is 0 Å². The van der Waals surface area contributed by atoms with Gasteiger partial charge in [-0.3, -0.25) is 4.79 Å². The van der Waals surface area contributed by atoms with Crippen LogP contribution >= 0.6 is 11.3 Å². The molecule has 5 nitrogen and oxygen atoms in total. The molecule has 2 aromatic carbocycles. The second-order valence-electron chi connectivity index (χ2n) is 5.09. The van der Waals surface area contributed by atoms with Crippen molar-refractivity contribution in [2.45, 2.75) is 6.42 Å². The van der Waals surface area contributed by atoms with Gasteiger partial charge < -0.3 is 10.4 Å². The van der Waals surface area contributed by atoms with Gasteiger partial charge in [0.15, 0.2) is 0 Å². The van der Waals surface area contributed by atoms with E-state index in [1.54, 1.807) is 23.6 Å². The maximum absolute atomic E-state index is 12.3. The molecule has 24 heavy (non-hydrogen) atoms. The van der Waals surface area contributed by atoms with Crippen LogP contribution in [0.1, 0.15) is 31.4 Å². The molecule has 0 radical (unpaired) electrons. The monoisotopic (exact) mass is 338 g/mol. The first kappa shape index (κ1) is 15.9. The number of hydrogen-bond acceptors (Lipinski definition) is 4. The maximum Gasteiger partial charge on any atom is 0.337 e. The summed E-state index contributed by atoms with van der Waals surface area (Å²) in [6.07, 6.45) is 0.657. The molecule has 0 saturated heterocycles. The molecule has 0 aliphatic carbocycles. The number of para-hydroxylation sites is 1. The molecule has 0 bridgehead atoms. The number of carboxylic acids is 1. The third kappa shape index (κ3) is 3.67. The molecule has 6 heteroatoms. The molecule has 120 valence electrons. The summed E-state index contributed by atoms with van der Waals surface area (Å²) < 4.78 is 0. The molecule has 0 unspecified atom stereocenters. The Morgan fingerprint density at radius 3 is 2.50 bits per heavy atom. The van der Waals surface area contributed by atoms with Crippen molar-refractivity contribution in [1.29, 1.82) is 0 Å². The van der Waals surface area contributed by atoms with E-state index in [9.17, 15) is 9.59 Å². The summed E-state index contributed by atoms with van der Waals surface area (Å²) >= 11 is 1.41. The summed E-state index contributed by atoms with van der Waals surface area (Å²) in [5.41, 5.74) is 1.71. The average molecular weight is 338 g/mol. The van der Waals surface area contributed by atoms with Gasteiger partial charge in [-0.05, 0) is 17.7 Å². The van der Waals surface area contributed by atoms with Crippen molar-refractivity contribution >= 4 is 28.9 Å². The zero-order valence-electron chi connectivity index (χ0n) is 12.6. The normalized spacial score (nSPS) is 10.3. The fourth-order valence-corrected chi connectivity index (χ4v) is 3.04. The van der Waals surface area contributed by atoms with E-state index in [1.807, 2.05) is 30.3 Å². The summed E-state index contributed by atoms with van der Waals surface area (Å²) in [5, 5.41) is 14.3. The number of nitrogens with one attached hydrogen (secondary N) is 1. The fourth-order valence-electron chi connectivity index (χ4n) is 2.23. The van der Waals surface area contributed by atoms with Gasteiger partial charge in [-0.15, -0.1) is 11.3 Å². The number of rotatable bonds is 5. The van der Waals surface area contributed by atoms with Crippen molar-refractivity contribution in [3.05, 3.63) is 81.8 Å². The fraction of sp³-hybridized carbons (Fsp3) is 0.0556. The molecule has 0 fully saturated rings. The lowest BCUT2D eigenvalue weighted by Crippen LogP contribution is -2.15. The topological polar surface area (TPSA) is 79.3 Å². The van der Waals surface area contributed by atoms with Crippen LogP contribution in [0.4, 0.5) is 5.69 Å². The lowest BCUT2D eigenvalue weighted by atomic mass is 10.1. The summed E-state index contributed by atoms with van der Waals surface area (Å²) in [6, 6.07) is 16.2. The molecule has 3 rings (SSSR count). The lowest BCUT2D eigenvalue weighted by molar-refractivity contribution is 0.0698. The van der Waals surface area contributed by atoms with Crippen LogP contribution in [0, 0.1) is 0 Å². The predicted molar refractivity (Wildman–Crippen MR) is 92.7 cm³/mol. The van der Waals surface area contributed by atoms with Gasteiger partial charge in [-0.2, -0.15) is 0 Å². The summed E-state index contributed by atoms with van der Waals surface area (Å²) in [5.74, 6) is -1.51. The van der Waals surface area contributed by atoms with Crippen LogP contribution in [0.2, 0.25) is 0 Å². The first-order chi connectivity index (χ1) is 11.6. The summed E-state index contributed by atoms with van der Waals surface area (Å²) in [6.45, 7) is 0. The Labute approximate surface area is 142 Å². The SMILES string of the molecule is O=C(Nc1ccccc1C(=O)O)c1csc(Cc2ccccc2)n1. The van der Waals surface area contributed by atoms with E-state index in [2.05, 4.69) is 10.3 Å². The Hall–Kier alpha value is -2.99. The molecule has 1 heterocycles. The summed E-state index contributed by atoms with van der Waals surface area (Å²) in [7, 11) is 0. The number of aromatic nitrogens is 1. The van der Waals surface area contributed by atoms with E-state index in [-0.39, 0.29) is 16.9 Å². The lowest BCUT2D eigenvalue weighted by Gasteiger charge is -2.06. The number of nitrogens with zero attached hydrogens (tertiary/aromatic N) is 1. The van der Waals surface area contributed by atoms with Crippen LogP contribution in [0.15, 0.2) is 60.0 Å². The van der Waals surface area contributed by atoms with Gasteiger partial charge in [0, 0.05) is 11.8 Å². The smallest absolute Gasteiger partial charge is 0.337 e. The number of thiazole rings is 1. The third-order valence-corrected chi connectivity index (χ3v) is 4.24. The Morgan fingerprint density at radius 1 is 1.04 bits per heavy atom. The van der Waals surface area contributed by atoms with Crippen LogP contribution in [0.25, 0.3) is 0 Å². The van der Waals surface area contributed by atoms with Crippen molar-refractivity contribution < 1.29 is 14.7 Å². The predicted octanol–water partition coefficient (Wildman–Crippen LogP) is 3.68. The second-order valence-corrected chi connectivity index (χ2v) is 6.04. The number of hydrogen-bond donors (Lipinski definition) is 2. The van der Waals surface area contributed by atoms with E-state index < -0.39 is 11.9 Å². The Morgan fingerprint density at radius 2 is 1.75 bits per heavy atom. The van der Waals surface area contributed by atoms with Gasteiger partial charge in [-0.25, -0.2) is 9.78 Å². The average Bonchev–Trinajstić information content (AvgIpc) is 3.05. The van der Waals surface area contributed by atoms with Crippen LogP contribution in [-0.2, 0) is 6.42 Å². The first-order valence-electron chi connectivity index (χ1n) is 7.25. The number of aromatic carboxylic acids is 1. The van der Waals surface area contributed by atoms with Crippen LogP contribution in [0.3, 0.4) is 0 Å². The van der Waals surface area contributed by atoms with Gasteiger partial charge >= 0.3 is 5.97 Å². The molecule has 0 aliphatic rings. The van der Waals surface area contributed by atoms with Gasteiger partial charge in [0.05, 0.1) is 16.3 Å². The van der Waals surface area contributed by atoms with Crippen molar-refractivity contribution in [2.75, 3.05) is 5.32 Å². The van der Waals surface area contributed by atoms with Crippen LogP contribution in [-0.4, -0.2) is 22.0 Å². The van der Waals surface area contributed by atoms with Crippen LogP contribution in [0.5, 0.6) is 0 Å². The van der Waals surface area contributed by atoms with Crippen molar-refractivity contribution in [2.24, 2.45) is 0 Å². The quantitative estimate of drug-likeness (QED) is 0.744. The van der Waals surface area contributed by atoms with E-state index in [0.29, 0.717) is 6.42 Å². The highest BCUT2D eigenvalue weighted by Crippen LogP contribution is 2.18. The van der Waals surface area contributed by atoms with Gasteiger partial charge in [-0.1, -0.05) is 42.5 Å². The minimum Gasteiger partial charge on any atom is -0.478 e. The minimum atomic E-state index is -1.09. The van der Waals surface area contributed by atoms with E-state index in [0.717, 1.165) is 10.6 Å². The van der Waals surface area contributed by atoms with E-state index >= 15 is 0 Å². The Bertz CT molecular complexity index is 875. The number of anilines is 1. The zero-order valence-corrected chi connectivity index (χ0v) is 13.4. The zero-order chi connectivity index (χ0) is 16.9. The molecule has 0 aliphatic heterocycles. The van der Waals surface area contributed by atoms with E-state index in [4.69, 9.17) is 5.11 Å². The highest BCUT2D eigenvalue weighted by atomic mass is 32.1. The molecule has 1 aromatic heterocycles. The first-order valence-corrected chi connectivity index (χ1v) is 8.13. The highest BCUT2D eigenvalue weighted by Gasteiger charge is 2.15. The summed E-state index contributed by atoms with van der Waals surface area (Å²) in [4.78, 5) is 27.8. The second kappa shape index (κ2) is 7.06. The maximum atomic E-state index is 12.3. The molecular formula is C18H14N2O3S. The number of carbonyl (C=O) groups is 2. The molecular weight excluding hydrogens is 324 g/mol. The molecule has 0 spiro atoms. The molecule has 3 aromatic rings. The molecule has 2 N–H and O–H groups in total. The minimum absolute atomic E-state index is 0.0468. The third-order valence-electron chi connectivity index (χ3n) is 3.39. The van der Waals surface area contributed by atoms with Crippen LogP contribution < -0.4 is 5.32 Å². The number of amides is 1. The van der Waals surface area contributed by atoms with Gasteiger partial charge in [0.25, 0.3) is 5.91 Å². The number of benzene rings is 2. The number of carbonyl (C=O) groups excluding carboxylic acids is 1. The Kier molecular flexibility index (Phi) is 4.67. The number of carboxylic acid groups (broad SMARTS) is 1.